The number of carbonyl (C=O) groups is 2. The number of hydroxylamine groups is 3. The number of halogens is 1. The Labute approximate surface area is 357 Å². The van der Waals surface area contributed by atoms with Gasteiger partial charge in [0.25, 0.3) is 0 Å². The van der Waals surface area contributed by atoms with Crippen LogP contribution in [0.4, 0.5) is 4.79 Å². The second-order valence-electron chi connectivity index (χ2n) is 17.5. The first kappa shape index (κ1) is 47.7. The summed E-state index contributed by atoms with van der Waals surface area (Å²) in [5, 5.41) is 28.3. The lowest BCUT2D eigenvalue weighted by Crippen LogP contribution is -2.63. The molecule has 0 spiro atoms. The minimum Gasteiger partial charge on any atom is -0.630 e. The van der Waals surface area contributed by atoms with Crippen LogP contribution in [0.1, 0.15) is 79.6 Å². The number of rotatable bonds is 14. The van der Waals surface area contributed by atoms with E-state index >= 15 is 0 Å². The van der Waals surface area contributed by atoms with Crippen molar-refractivity contribution in [3.8, 4) is 0 Å². The molecule has 0 aromatic carbocycles. The van der Waals surface area contributed by atoms with Crippen molar-refractivity contribution in [3.63, 3.8) is 0 Å². The van der Waals surface area contributed by atoms with Crippen molar-refractivity contribution in [3.05, 3.63) is 52.5 Å². The maximum absolute atomic E-state index is 14.7. The van der Waals surface area contributed by atoms with Crippen LogP contribution >= 0.6 is 11.6 Å². The number of allylic oxidation sites excluding steroid dienone is 5. The largest absolute Gasteiger partial charge is 0.630 e. The number of nitrogens with zero attached hydrogens (tertiary/aromatic N) is 2. The quantitative estimate of drug-likeness (QED) is 0.0601. The van der Waals surface area contributed by atoms with Crippen LogP contribution in [0.25, 0.3) is 0 Å². The number of aliphatic hydroxyl groups is 1. The zero-order valence-corrected chi connectivity index (χ0v) is 38.1. The van der Waals surface area contributed by atoms with E-state index in [-0.39, 0.29) is 25.4 Å². The summed E-state index contributed by atoms with van der Waals surface area (Å²) in [4.78, 5) is 29.3. The number of fused-ring (bicyclic) bond motifs is 4. The number of alkyl carbamates (subject to hydrolysis) is 1. The number of likely N-dealkylation sites (N-methyl/N-ethyl adjacent to an activating group) is 2. The Hall–Kier alpha value is -2.38. The van der Waals surface area contributed by atoms with Crippen molar-refractivity contribution in [2.45, 2.75) is 144 Å². The van der Waals surface area contributed by atoms with Gasteiger partial charge in [-0.25, -0.2) is 4.79 Å². The highest BCUT2D eigenvalue weighted by atomic mass is 35.5. The van der Waals surface area contributed by atoms with Crippen molar-refractivity contribution in [1.82, 2.24) is 10.2 Å². The Morgan fingerprint density at radius 1 is 1.20 bits per heavy atom. The molecule has 14 unspecified atom stereocenters. The molecule has 0 aromatic heterocycles. The monoisotopic (exact) mass is 871 g/mol. The number of amides is 2. The number of hydrogen-bond acceptors (Lipinski definition) is 12. The Balaban J connectivity index is 1.50. The van der Waals surface area contributed by atoms with Crippen LogP contribution in [0.3, 0.4) is 0 Å². The summed E-state index contributed by atoms with van der Waals surface area (Å²) in [5.74, 6) is 0.312. The molecule has 0 saturated carbocycles. The number of hydrogen-bond donors (Lipinski definition) is 2. The third kappa shape index (κ3) is 9.97. The molecule has 14 atom stereocenters. The fourth-order valence-electron chi connectivity index (χ4n) is 8.92. The summed E-state index contributed by atoms with van der Waals surface area (Å²) in [5.41, 5.74) is -3.13. The molecule has 0 radical (unpaired) electrons. The van der Waals surface area contributed by atoms with Gasteiger partial charge in [0.2, 0.25) is 17.9 Å². The zero-order valence-electron chi connectivity index (χ0n) is 36.5. The number of quaternary nitrogens is 1. The van der Waals surface area contributed by atoms with Gasteiger partial charge < -0.3 is 53.0 Å². The molecule has 1 aliphatic carbocycles. The van der Waals surface area contributed by atoms with E-state index in [4.69, 9.17) is 44.8 Å². The van der Waals surface area contributed by atoms with Gasteiger partial charge in [-0.2, -0.15) is 0 Å². The van der Waals surface area contributed by atoms with E-state index in [0.29, 0.717) is 24.4 Å². The first-order valence-electron chi connectivity index (χ1n) is 20.4. The second-order valence-corrected chi connectivity index (χ2v) is 19.5. The smallest absolute Gasteiger partial charge is 0.409 e. The predicted octanol–water partition coefficient (Wildman–Crippen LogP) is 4.93. The molecule has 3 saturated heterocycles. The molecule has 4 aliphatic heterocycles. The normalized spacial score (nSPS) is 40.4. The highest BCUT2D eigenvalue weighted by Gasteiger charge is 2.65. The van der Waals surface area contributed by atoms with Gasteiger partial charge >= 0.3 is 6.09 Å². The minimum atomic E-state index is -1.81. The van der Waals surface area contributed by atoms with Crippen LogP contribution in [0.2, 0.25) is 0 Å². The SMILES string of the molecule is COC1=CC2=CC(C)(C1Cl)N(C)C(=O)CC(OC(OC)C(C)[N+](C)([O-])C1(CCCCCS(C)=O)CO1)C1(C)OC1C(C)C1CC(O)(NC(=O)O1)C(OC)/C=C/C=C(\C)C2. The van der Waals surface area contributed by atoms with Gasteiger partial charge in [-0.3, -0.25) is 14.3 Å². The standard InChI is InChI=1S/C42H66ClN3O12S/c1-26-16-15-17-32(53-9)42(49)24-31(56-38(48)44-42)27(2)36-40(5,58-36)33(22-34(47)45(6)39(4)23-29(20-26)21-30(52-8)35(39)43)57-37(54-10)28(3)46(7,50)41(25-55-41)18-13-12-14-19-59(11)51/h15-17,21,23,27-28,31-33,35-37,49H,12-14,18-20,22,24-25H2,1-11H3,(H,44,48)/b17-15+,26-16+. The molecule has 59 heavy (non-hydrogen) atoms. The highest BCUT2D eigenvalue weighted by Crippen LogP contribution is 2.50. The molecule has 17 heteroatoms. The molecule has 5 aliphatic rings. The molecular formula is C42H66ClN3O12S. The van der Waals surface area contributed by atoms with E-state index in [1.54, 1.807) is 51.4 Å². The lowest BCUT2D eigenvalue weighted by atomic mass is 9.83. The predicted molar refractivity (Wildman–Crippen MR) is 223 cm³/mol. The second kappa shape index (κ2) is 18.5. The van der Waals surface area contributed by atoms with E-state index in [1.165, 1.54) is 14.2 Å². The Morgan fingerprint density at radius 2 is 1.90 bits per heavy atom. The van der Waals surface area contributed by atoms with Gasteiger partial charge in [0.1, 0.15) is 47.7 Å². The number of carbonyl (C=O) groups excluding carboxylic acids is 2. The maximum atomic E-state index is 14.7. The van der Waals surface area contributed by atoms with Gasteiger partial charge in [0.05, 0.1) is 32.2 Å². The van der Waals surface area contributed by atoms with Gasteiger partial charge in [0.15, 0.2) is 5.72 Å². The first-order valence-corrected chi connectivity index (χ1v) is 22.6. The number of unbranched alkanes of at least 4 members (excludes halogenated alkanes) is 2. The van der Waals surface area contributed by atoms with E-state index in [2.05, 4.69) is 5.32 Å². The van der Waals surface area contributed by atoms with Crippen LogP contribution < -0.4 is 5.32 Å². The van der Waals surface area contributed by atoms with Crippen LogP contribution in [-0.2, 0) is 48.8 Å². The van der Waals surface area contributed by atoms with Gasteiger partial charge in [-0.1, -0.05) is 43.2 Å². The van der Waals surface area contributed by atoms with E-state index in [1.807, 2.05) is 45.9 Å². The molecule has 334 valence electrons. The molecule has 4 heterocycles. The molecule has 0 aromatic rings. The van der Waals surface area contributed by atoms with Crippen molar-refractivity contribution >= 4 is 34.4 Å². The van der Waals surface area contributed by atoms with Gasteiger partial charge in [0, 0.05) is 62.8 Å². The van der Waals surface area contributed by atoms with Crippen molar-refractivity contribution < 1.29 is 56.7 Å². The van der Waals surface area contributed by atoms with Crippen LogP contribution in [0.15, 0.2) is 47.3 Å². The maximum Gasteiger partial charge on any atom is 0.409 e. The summed E-state index contributed by atoms with van der Waals surface area (Å²) in [6, 6.07) is -0.813. The highest BCUT2D eigenvalue weighted by molar-refractivity contribution is 7.84. The first-order chi connectivity index (χ1) is 27.6. The number of ether oxygens (including phenoxy) is 7. The van der Waals surface area contributed by atoms with E-state index in [9.17, 15) is 24.1 Å². The number of epoxide rings is 2. The molecular weight excluding hydrogens is 806 g/mol. The van der Waals surface area contributed by atoms with Gasteiger partial charge in [-0.05, 0) is 58.6 Å². The summed E-state index contributed by atoms with van der Waals surface area (Å²) in [6.45, 7) is 9.55. The topological polar surface area (TPSA) is 181 Å². The fraction of sp³-hybridized carbons (Fsp3) is 0.762. The van der Waals surface area contributed by atoms with Crippen LogP contribution in [0.5, 0.6) is 0 Å². The molecule has 5 rings (SSSR count). The molecule has 3 fully saturated rings. The van der Waals surface area contributed by atoms with E-state index < -0.39 is 92.2 Å². The Kier molecular flexibility index (Phi) is 15.0. The summed E-state index contributed by atoms with van der Waals surface area (Å²) in [6.07, 6.45) is 8.81. The van der Waals surface area contributed by atoms with Crippen LogP contribution in [0, 0.1) is 11.1 Å². The average molecular weight is 873 g/mol. The third-order valence-electron chi connectivity index (χ3n) is 13.3. The third-order valence-corrected chi connectivity index (χ3v) is 14.8. The lowest BCUT2D eigenvalue weighted by molar-refractivity contribution is -0.938. The number of methoxy groups -OCH3 is 3. The molecule has 2 N–H and O–H groups in total. The fourth-order valence-corrected chi connectivity index (χ4v) is 9.89. The summed E-state index contributed by atoms with van der Waals surface area (Å²) < 4.78 is 53.0. The van der Waals surface area contributed by atoms with Crippen molar-refractivity contribution in [2.75, 3.05) is 54.0 Å². The molecule has 15 nitrogen and oxygen atoms in total. The average Bonchev–Trinajstić information content (AvgIpc) is 4.11. The lowest BCUT2D eigenvalue weighted by Gasteiger charge is -2.50. The molecule has 4 bridgehead atoms. The molecule has 2 amide bonds. The Morgan fingerprint density at radius 3 is 2.51 bits per heavy atom. The van der Waals surface area contributed by atoms with Crippen LogP contribution in [-0.4, -0.2) is 150 Å². The van der Waals surface area contributed by atoms with E-state index in [0.717, 1.165) is 30.4 Å². The summed E-state index contributed by atoms with van der Waals surface area (Å²) in [7, 11) is 6.83. The van der Waals surface area contributed by atoms with Crippen molar-refractivity contribution in [2.24, 2.45) is 5.92 Å². The zero-order chi connectivity index (χ0) is 43.7. The summed E-state index contributed by atoms with van der Waals surface area (Å²) >= 11 is 7.10. The number of alkyl halides is 1. The Bertz CT molecular complexity index is 1700. The number of nitrogens with one attached hydrogen (secondary N) is 1. The van der Waals surface area contributed by atoms with Crippen molar-refractivity contribution in [1.29, 1.82) is 0 Å². The minimum absolute atomic E-state index is 0.0242. The van der Waals surface area contributed by atoms with Gasteiger partial charge in [-0.15, -0.1) is 11.6 Å².